The van der Waals surface area contributed by atoms with Gasteiger partial charge >= 0.3 is 0 Å². The van der Waals surface area contributed by atoms with Crippen LogP contribution in [0.1, 0.15) is 40.8 Å². The summed E-state index contributed by atoms with van der Waals surface area (Å²) in [5.74, 6) is 1.82. The summed E-state index contributed by atoms with van der Waals surface area (Å²) in [5.41, 5.74) is 10.8. The lowest BCUT2D eigenvalue weighted by molar-refractivity contribution is 0.381. The summed E-state index contributed by atoms with van der Waals surface area (Å²) in [6.07, 6.45) is 8.90. The first-order chi connectivity index (χ1) is 24.2. The minimum absolute atomic E-state index is 0.202. The van der Waals surface area contributed by atoms with Gasteiger partial charge in [-0.25, -0.2) is 9.98 Å². The van der Waals surface area contributed by atoms with Crippen LogP contribution in [0.4, 0.5) is 0 Å². The minimum Gasteiger partial charge on any atom is -0.334 e. The Kier molecular flexibility index (Phi) is 8.31. The predicted molar refractivity (Wildman–Crippen MR) is 200 cm³/mol. The molecular weight excluding hydrogens is 599 g/mol. The van der Waals surface area contributed by atoms with E-state index in [0.29, 0.717) is 5.84 Å². The molecule has 2 aliphatic rings. The van der Waals surface area contributed by atoms with Gasteiger partial charge < -0.3 is 4.90 Å². The molecule has 0 saturated carbocycles. The van der Waals surface area contributed by atoms with E-state index in [1.165, 1.54) is 22.3 Å². The molecule has 1 aliphatic carbocycles. The van der Waals surface area contributed by atoms with Crippen molar-refractivity contribution in [1.82, 2.24) is 14.9 Å². The van der Waals surface area contributed by atoms with Crippen LogP contribution in [-0.4, -0.2) is 33.6 Å². The Bertz CT molecular complexity index is 2200. The molecule has 5 heteroatoms. The van der Waals surface area contributed by atoms with E-state index in [-0.39, 0.29) is 12.1 Å². The molecule has 2 aromatic heterocycles. The number of pyridine rings is 2. The van der Waals surface area contributed by atoms with Crippen LogP contribution in [0.5, 0.6) is 0 Å². The SMILES string of the molecule is CN1C(C2=CC(c3ccccc3)=CC(c3ccccc3)C2)=NC(c2cccc(-c3ccccn3)c2)=NC1c1cccc(-c2ccccn2)c1. The maximum atomic E-state index is 5.37. The number of hydrogen-bond donors (Lipinski definition) is 0. The quantitative estimate of drug-likeness (QED) is 0.176. The zero-order chi connectivity index (χ0) is 33.0. The van der Waals surface area contributed by atoms with Crippen molar-refractivity contribution in [3.63, 3.8) is 0 Å². The van der Waals surface area contributed by atoms with Crippen LogP contribution in [0.2, 0.25) is 0 Å². The summed E-state index contributed by atoms with van der Waals surface area (Å²) >= 11 is 0. The van der Waals surface area contributed by atoms with Crippen LogP contribution >= 0.6 is 0 Å². The van der Waals surface area contributed by atoms with Crippen LogP contribution in [-0.2, 0) is 0 Å². The van der Waals surface area contributed by atoms with E-state index in [4.69, 9.17) is 9.98 Å². The van der Waals surface area contributed by atoms with Gasteiger partial charge in [-0.15, -0.1) is 0 Å². The molecule has 1 aliphatic heterocycles. The highest BCUT2D eigenvalue weighted by Gasteiger charge is 2.31. The molecule has 0 saturated heterocycles. The van der Waals surface area contributed by atoms with Crippen molar-refractivity contribution >= 4 is 17.2 Å². The van der Waals surface area contributed by atoms with Crippen molar-refractivity contribution in [2.75, 3.05) is 7.05 Å². The second kappa shape index (κ2) is 13.5. The Morgan fingerprint density at radius 3 is 1.86 bits per heavy atom. The Balaban J connectivity index is 1.26. The smallest absolute Gasteiger partial charge is 0.159 e. The van der Waals surface area contributed by atoms with Gasteiger partial charge in [-0.2, -0.15) is 0 Å². The van der Waals surface area contributed by atoms with Gasteiger partial charge in [-0.1, -0.05) is 115 Å². The fraction of sp³-hybridized carbons (Fsp3) is 0.0909. The van der Waals surface area contributed by atoms with Crippen molar-refractivity contribution in [1.29, 1.82) is 0 Å². The van der Waals surface area contributed by atoms with Gasteiger partial charge in [0, 0.05) is 42.0 Å². The van der Waals surface area contributed by atoms with Gasteiger partial charge in [-0.05, 0) is 76.7 Å². The topological polar surface area (TPSA) is 53.7 Å². The van der Waals surface area contributed by atoms with Crippen LogP contribution in [0.25, 0.3) is 28.1 Å². The monoisotopic (exact) mass is 633 g/mol. The highest BCUT2D eigenvalue weighted by atomic mass is 15.3. The molecule has 3 heterocycles. The molecule has 0 bridgehead atoms. The second-order valence-corrected chi connectivity index (χ2v) is 12.4. The number of aromatic nitrogens is 2. The molecule has 0 fully saturated rings. The Labute approximate surface area is 287 Å². The number of aliphatic imine (C=N–C) groups is 2. The predicted octanol–water partition coefficient (Wildman–Crippen LogP) is 9.80. The summed E-state index contributed by atoms with van der Waals surface area (Å²) in [6, 6.07) is 50.3. The third-order valence-electron chi connectivity index (χ3n) is 9.16. The Hall–Kier alpha value is -6.20. The second-order valence-electron chi connectivity index (χ2n) is 12.4. The average molecular weight is 634 g/mol. The number of likely N-dealkylation sites (N-methyl/N-ethyl adjacent to an activating group) is 1. The normalized spacial score (nSPS) is 17.4. The maximum absolute atomic E-state index is 5.37. The number of benzene rings is 4. The molecule has 236 valence electrons. The van der Waals surface area contributed by atoms with E-state index in [0.717, 1.165) is 45.9 Å². The van der Waals surface area contributed by atoms with E-state index in [1.807, 2.05) is 48.8 Å². The molecule has 6 aromatic rings. The minimum atomic E-state index is -0.299. The number of hydrogen-bond acceptors (Lipinski definition) is 5. The summed E-state index contributed by atoms with van der Waals surface area (Å²) in [5, 5.41) is 0. The van der Waals surface area contributed by atoms with Gasteiger partial charge in [0.2, 0.25) is 0 Å². The van der Waals surface area contributed by atoms with Gasteiger partial charge in [0.15, 0.2) is 12.0 Å². The van der Waals surface area contributed by atoms with E-state index in [1.54, 1.807) is 0 Å². The number of allylic oxidation sites excluding steroid dienone is 3. The fourth-order valence-corrected chi connectivity index (χ4v) is 6.69. The molecule has 0 N–H and O–H groups in total. The molecule has 4 aromatic carbocycles. The molecular formula is C44H35N5. The first kappa shape index (κ1) is 30.2. The summed E-state index contributed by atoms with van der Waals surface area (Å²) < 4.78 is 0. The summed E-state index contributed by atoms with van der Waals surface area (Å²) in [6.45, 7) is 0. The van der Waals surface area contributed by atoms with Gasteiger partial charge in [0.05, 0.1) is 11.4 Å². The molecule has 0 spiro atoms. The number of rotatable bonds is 7. The highest BCUT2D eigenvalue weighted by Crippen LogP contribution is 2.39. The van der Waals surface area contributed by atoms with Gasteiger partial charge in [0.25, 0.3) is 0 Å². The highest BCUT2D eigenvalue weighted by molar-refractivity contribution is 6.14. The van der Waals surface area contributed by atoms with Crippen molar-refractivity contribution in [3.05, 3.63) is 198 Å². The zero-order valence-corrected chi connectivity index (χ0v) is 27.3. The number of nitrogens with zero attached hydrogens (tertiary/aromatic N) is 5. The molecule has 0 radical (unpaired) electrons. The molecule has 5 nitrogen and oxygen atoms in total. The average Bonchev–Trinajstić information content (AvgIpc) is 3.19. The van der Waals surface area contributed by atoms with Gasteiger partial charge in [-0.3, -0.25) is 9.97 Å². The van der Waals surface area contributed by atoms with E-state index in [9.17, 15) is 0 Å². The number of amidine groups is 2. The van der Waals surface area contributed by atoms with Crippen molar-refractivity contribution in [3.8, 4) is 22.5 Å². The standard InChI is InChI=1S/C44H35N5/c1-49-43(36-21-13-19-34(27-36)41-23-9-11-25-46-41)47-42(35-20-12-18-33(26-35)40-22-8-10-24-45-40)48-44(49)39-29-37(31-14-4-2-5-15-31)28-38(30-39)32-16-6-3-7-17-32/h2-29,38,43H,30H2,1H3. The maximum Gasteiger partial charge on any atom is 0.159 e. The molecule has 0 amide bonds. The van der Waals surface area contributed by atoms with Crippen molar-refractivity contribution < 1.29 is 0 Å². The van der Waals surface area contributed by atoms with E-state index < -0.39 is 0 Å². The Morgan fingerprint density at radius 2 is 1.16 bits per heavy atom. The molecule has 2 atom stereocenters. The lowest BCUT2D eigenvalue weighted by Gasteiger charge is -2.35. The van der Waals surface area contributed by atoms with Crippen LogP contribution in [0.3, 0.4) is 0 Å². The van der Waals surface area contributed by atoms with E-state index in [2.05, 4.69) is 143 Å². The summed E-state index contributed by atoms with van der Waals surface area (Å²) in [7, 11) is 2.11. The Morgan fingerprint density at radius 1 is 0.571 bits per heavy atom. The first-order valence-electron chi connectivity index (χ1n) is 16.7. The lowest BCUT2D eigenvalue weighted by atomic mass is 9.83. The fourth-order valence-electron chi connectivity index (χ4n) is 6.69. The third kappa shape index (κ3) is 6.39. The molecule has 49 heavy (non-hydrogen) atoms. The van der Waals surface area contributed by atoms with Crippen LogP contribution < -0.4 is 0 Å². The van der Waals surface area contributed by atoms with Crippen molar-refractivity contribution in [2.24, 2.45) is 9.98 Å². The largest absolute Gasteiger partial charge is 0.334 e. The van der Waals surface area contributed by atoms with Crippen LogP contribution in [0.15, 0.2) is 186 Å². The molecule has 2 unspecified atom stereocenters. The summed E-state index contributed by atoms with van der Waals surface area (Å²) in [4.78, 5) is 22.2. The molecule has 8 rings (SSSR count). The van der Waals surface area contributed by atoms with E-state index >= 15 is 0 Å². The zero-order valence-electron chi connectivity index (χ0n) is 27.3. The third-order valence-corrected chi connectivity index (χ3v) is 9.16. The first-order valence-corrected chi connectivity index (χ1v) is 16.7. The van der Waals surface area contributed by atoms with Crippen LogP contribution in [0, 0.1) is 0 Å². The van der Waals surface area contributed by atoms with Gasteiger partial charge in [0.1, 0.15) is 5.84 Å². The lowest BCUT2D eigenvalue weighted by Crippen LogP contribution is -2.37. The van der Waals surface area contributed by atoms with Crippen molar-refractivity contribution in [2.45, 2.75) is 18.5 Å².